The number of nitrogens with one attached hydrogen (secondary N) is 1. The van der Waals surface area contributed by atoms with E-state index < -0.39 is 0 Å². The third-order valence-electron chi connectivity index (χ3n) is 1.53. The fraction of sp³-hybridized carbons (Fsp3) is 1.00. The predicted octanol–water partition coefficient (Wildman–Crippen LogP) is 3.45. The molecule has 0 aliphatic heterocycles. The molecular weight excluding hydrogens is 134 g/mol. The molecule has 0 amide bonds. The third-order valence-corrected chi connectivity index (χ3v) is 1.53. The standard InChI is InChI=1S/C8H19N.C2H6.H2/c1-3-4-5-6-7-8-9-2;1-2;/h9H,3-8H2,1-2H3;1-2H3;1H. The summed E-state index contributed by atoms with van der Waals surface area (Å²) in [6.45, 7) is 7.43. The highest BCUT2D eigenvalue weighted by Gasteiger charge is 1.85. The molecule has 0 radical (unpaired) electrons. The second-order valence-electron chi connectivity index (χ2n) is 2.52. The highest BCUT2D eigenvalue weighted by atomic mass is 14.8. The van der Waals surface area contributed by atoms with Crippen LogP contribution in [0.3, 0.4) is 0 Å². The SMILES string of the molecule is CC.CCCCCCCNC.[HH]. The smallest absolute Gasteiger partial charge is 0 e. The summed E-state index contributed by atoms with van der Waals surface area (Å²) in [5.41, 5.74) is 0. The van der Waals surface area contributed by atoms with Gasteiger partial charge in [0.2, 0.25) is 0 Å². The minimum Gasteiger partial charge on any atom is -0.320 e. The van der Waals surface area contributed by atoms with Gasteiger partial charge in [-0.05, 0) is 20.0 Å². The van der Waals surface area contributed by atoms with Crippen LogP contribution >= 0.6 is 0 Å². The molecule has 1 nitrogen and oxygen atoms in total. The molecule has 0 heterocycles. The zero-order valence-corrected chi connectivity index (χ0v) is 8.74. The first-order chi connectivity index (χ1) is 5.41. The van der Waals surface area contributed by atoms with Crippen LogP contribution in [0.25, 0.3) is 0 Å². The predicted molar refractivity (Wildman–Crippen MR) is 56.1 cm³/mol. The summed E-state index contributed by atoms with van der Waals surface area (Å²) in [4.78, 5) is 0. The second kappa shape index (κ2) is 16.5. The molecule has 1 heteroatoms. The molecule has 0 aliphatic carbocycles. The summed E-state index contributed by atoms with van der Waals surface area (Å²) in [6, 6.07) is 0. The van der Waals surface area contributed by atoms with Crippen molar-refractivity contribution < 1.29 is 1.43 Å². The van der Waals surface area contributed by atoms with Gasteiger partial charge in [-0.1, -0.05) is 46.5 Å². The molecule has 0 aliphatic rings. The molecule has 0 rings (SSSR count). The van der Waals surface area contributed by atoms with E-state index in [9.17, 15) is 0 Å². The number of hydrogen-bond acceptors (Lipinski definition) is 1. The average Bonchev–Trinajstić information content (AvgIpc) is 2.08. The third kappa shape index (κ3) is 17.8. The summed E-state index contributed by atoms with van der Waals surface area (Å²) in [7, 11) is 2.01. The van der Waals surface area contributed by atoms with E-state index in [1.54, 1.807) is 0 Å². The van der Waals surface area contributed by atoms with Crippen molar-refractivity contribution in [3.8, 4) is 0 Å². The van der Waals surface area contributed by atoms with E-state index in [2.05, 4.69) is 12.2 Å². The van der Waals surface area contributed by atoms with Crippen LogP contribution in [0.2, 0.25) is 0 Å². The highest BCUT2D eigenvalue weighted by molar-refractivity contribution is 4.43. The van der Waals surface area contributed by atoms with Gasteiger partial charge in [0.15, 0.2) is 0 Å². The number of rotatable bonds is 6. The Morgan fingerprint density at radius 2 is 1.55 bits per heavy atom. The van der Waals surface area contributed by atoms with Gasteiger partial charge in [-0.25, -0.2) is 0 Å². The van der Waals surface area contributed by atoms with Gasteiger partial charge in [-0.3, -0.25) is 0 Å². The Hall–Kier alpha value is -0.0400. The molecule has 0 aromatic heterocycles. The van der Waals surface area contributed by atoms with Crippen LogP contribution < -0.4 is 5.32 Å². The molecule has 0 aromatic rings. The number of unbranched alkanes of at least 4 members (excludes halogenated alkanes) is 4. The fourth-order valence-electron chi connectivity index (χ4n) is 0.905. The van der Waals surface area contributed by atoms with Gasteiger partial charge in [0.05, 0.1) is 0 Å². The van der Waals surface area contributed by atoms with Crippen LogP contribution in [0, 0.1) is 0 Å². The lowest BCUT2D eigenvalue weighted by Crippen LogP contribution is -2.06. The van der Waals surface area contributed by atoms with E-state index in [0.717, 1.165) is 0 Å². The monoisotopic (exact) mass is 161 g/mol. The van der Waals surface area contributed by atoms with Crippen LogP contribution in [0.4, 0.5) is 0 Å². The molecule has 1 N–H and O–H groups in total. The van der Waals surface area contributed by atoms with Crippen LogP contribution in [0.1, 0.15) is 54.3 Å². The average molecular weight is 161 g/mol. The lowest BCUT2D eigenvalue weighted by Gasteiger charge is -1.97. The molecule has 72 valence electrons. The summed E-state index contributed by atoms with van der Waals surface area (Å²) < 4.78 is 0. The molecule has 11 heavy (non-hydrogen) atoms. The van der Waals surface area contributed by atoms with E-state index >= 15 is 0 Å². The molecule has 0 saturated carbocycles. The molecular formula is C10H27N. The molecule has 0 atom stereocenters. The van der Waals surface area contributed by atoms with E-state index in [1.165, 1.54) is 38.6 Å². The van der Waals surface area contributed by atoms with Crippen molar-refractivity contribution in [2.45, 2.75) is 52.9 Å². The largest absolute Gasteiger partial charge is 0.320 e. The minimum absolute atomic E-state index is 0. The van der Waals surface area contributed by atoms with Gasteiger partial charge in [-0.2, -0.15) is 0 Å². The summed E-state index contributed by atoms with van der Waals surface area (Å²) >= 11 is 0. The van der Waals surface area contributed by atoms with Gasteiger partial charge in [0.25, 0.3) is 0 Å². The molecule has 0 unspecified atom stereocenters. The van der Waals surface area contributed by atoms with E-state index in [4.69, 9.17) is 0 Å². The second-order valence-corrected chi connectivity index (χ2v) is 2.52. The highest BCUT2D eigenvalue weighted by Crippen LogP contribution is 2.00. The van der Waals surface area contributed by atoms with Crippen LogP contribution in [-0.4, -0.2) is 13.6 Å². The normalized spacial score (nSPS) is 8.73. The Bertz CT molecular complexity index is 43.1. The maximum Gasteiger partial charge on any atom is 0 e. The van der Waals surface area contributed by atoms with Crippen molar-refractivity contribution in [1.82, 2.24) is 5.32 Å². The topological polar surface area (TPSA) is 12.0 Å². The van der Waals surface area contributed by atoms with Crippen molar-refractivity contribution in [3.05, 3.63) is 0 Å². The quantitative estimate of drug-likeness (QED) is 0.588. The zero-order valence-electron chi connectivity index (χ0n) is 8.74. The molecule has 0 fully saturated rings. The van der Waals surface area contributed by atoms with Crippen LogP contribution in [0.15, 0.2) is 0 Å². The van der Waals surface area contributed by atoms with Gasteiger partial charge < -0.3 is 5.32 Å². The Morgan fingerprint density at radius 1 is 1.00 bits per heavy atom. The number of hydrogen-bond donors (Lipinski definition) is 1. The molecule has 0 saturated heterocycles. The summed E-state index contributed by atoms with van der Waals surface area (Å²) in [6.07, 6.45) is 6.91. The molecule has 0 bridgehead atoms. The zero-order chi connectivity index (χ0) is 8.95. The van der Waals surface area contributed by atoms with Gasteiger partial charge in [0.1, 0.15) is 0 Å². The summed E-state index contributed by atoms with van der Waals surface area (Å²) in [5.74, 6) is 0. The molecule has 0 aromatic carbocycles. The molecule has 0 spiro atoms. The maximum atomic E-state index is 3.14. The fourth-order valence-corrected chi connectivity index (χ4v) is 0.905. The van der Waals surface area contributed by atoms with Crippen molar-refractivity contribution in [2.24, 2.45) is 0 Å². The van der Waals surface area contributed by atoms with Crippen molar-refractivity contribution >= 4 is 0 Å². The Labute approximate surface area is 74.1 Å². The maximum absolute atomic E-state index is 3.14. The lowest BCUT2D eigenvalue weighted by molar-refractivity contribution is 0.610. The van der Waals surface area contributed by atoms with Crippen molar-refractivity contribution in [2.75, 3.05) is 13.6 Å². The lowest BCUT2D eigenvalue weighted by atomic mass is 10.1. The van der Waals surface area contributed by atoms with Gasteiger partial charge in [-0.15, -0.1) is 0 Å². The van der Waals surface area contributed by atoms with E-state index in [-0.39, 0.29) is 1.43 Å². The van der Waals surface area contributed by atoms with Crippen molar-refractivity contribution in [3.63, 3.8) is 0 Å². The van der Waals surface area contributed by atoms with Crippen LogP contribution in [-0.2, 0) is 0 Å². The van der Waals surface area contributed by atoms with Crippen molar-refractivity contribution in [1.29, 1.82) is 0 Å². The first kappa shape index (κ1) is 13.5. The van der Waals surface area contributed by atoms with Gasteiger partial charge in [0, 0.05) is 1.43 Å². The first-order valence-electron chi connectivity index (χ1n) is 5.06. The van der Waals surface area contributed by atoms with E-state index in [0.29, 0.717) is 0 Å². The van der Waals surface area contributed by atoms with Crippen LogP contribution in [0.5, 0.6) is 0 Å². The Kier molecular flexibility index (Phi) is 20.3. The summed E-state index contributed by atoms with van der Waals surface area (Å²) in [5, 5.41) is 3.14. The minimum atomic E-state index is 0. The van der Waals surface area contributed by atoms with E-state index in [1.807, 2.05) is 20.9 Å². The van der Waals surface area contributed by atoms with Gasteiger partial charge >= 0.3 is 0 Å². The Morgan fingerprint density at radius 3 is 2.00 bits per heavy atom. The Balaban J connectivity index is -0.000000249. The first-order valence-corrected chi connectivity index (χ1v) is 5.06.